The highest BCUT2D eigenvalue weighted by Crippen LogP contribution is 2.59. The molecule has 3 aromatic rings. The number of benzene rings is 3. The number of hydrogen-bond acceptors (Lipinski definition) is 7. The zero-order valence-electron chi connectivity index (χ0n) is 20.1. The zero-order chi connectivity index (χ0) is 25.2. The highest BCUT2D eigenvalue weighted by molar-refractivity contribution is 5.95. The summed E-state index contributed by atoms with van der Waals surface area (Å²) in [6.45, 7) is 0. The van der Waals surface area contributed by atoms with Gasteiger partial charge in [-0.15, -0.1) is 0 Å². The minimum Gasteiger partial charge on any atom is -0.296 e. The highest BCUT2D eigenvalue weighted by Gasteiger charge is 2.63. The summed E-state index contributed by atoms with van der Waals surface area (Å²) in [5, 5.41) is 11.6. The summed E-state index contributed by atoms with van der Waals surface area (Å²) in [4.78, 5) is 13.7. The Bertz CT molecular complexity index is 1250. The normalized spacial score (nSPS) is 29.7. The monoisotopic (exact) mass is 478 g/mol. The van der Waals surface area contributed by atoms with Gasteiger partial charge in [-0.25, -0.2) is 16.6 Å². The molecule has 0 amide bonds. The Morgan fingerprint density at radius 3 is 1.86 bits per heavy atom. The second-order valence-electron chi connectivity index (χ2n) is 10.2. The quantitative estimate of drug-likeness (QED) is 0.301. The molecule has 2 saturated carbocycles. The summed E-state index contributed by atoms with van der Waals surface area (Å²) in [6, 6.07) is 26.9. The Morgan fingerprint density at radius 1 is 0.722 bits per heavy atom. The standard InChI is InChI=1S/C29H30N6O/c30-33-25-24(23-9-5-2-6-10-23)29(27(36)26(25)34-31)17-15-28(35-32,16-18-29)19-20-11-13-22(14-12-20)21-7-3-1-4-8-21/h1-14,24-26,30-32H,15-19H2. The van der Waals surface area contributed by atoms with Crippen LogP contribution < -0.4 is 0 Å². The summed E-state index contributed by atoms with van der Waals surface area (Å²) in [7, 11) is 0. The lowest BCUT2D eigenvalue weighted by atomic mass is 9.60. The van der Waals surface area contributed by atoms with E-state index in [9.17, 15) is 4.79 Å². The SMILES string of the molecule is N=NC1C(=O)C2(CCC(Cc3ccc(-c4ccccc4)cc3)(N=N)CC2)C(c2ccccc2)C1N=N. The number of carbonyl (C=O) groups excluding carboxylic acids is 1. The lowest BCUT2D eigenvalue weighted by Crippen LogP contribution is -2.44. The van der Waals surface area contributed by atoms with E-state index in [1.807, 2.05) is 48.5 Å². The first-order valence-corrected chi connectivity index (χ1v) is 12.4. The summed E-state index contributed by atoms with van der Waals surface area (Å²) >= 11 is 0. The first-order chi connectivity index (χ1) is 17.6. The maximum atomic E-state index is 13.7. The third-order valence-electron chi connectivity index (χ3n) is 8.37. The van der Waals surface area contributed by atoms with Crippen molar-refractivity contribution in [3.63, 3.8) is 0 Å². The molecule has 3 N–H and O–H groups in total. The van der Waals surface area contributed by atoms with Gasteiger partial charge in [0.05, 0.1) is 5.54 Å². The van der Waals surface area contributed by atoms with E-state index in [4.69, 9.17) is 16.6 Å². The lowest BCUT2D eigenvalue weighted by Gasteiger charge is -2.44. The number of Topliss-reactive ketones (excluding diaryl/α,β-unsaturated/α-hetero) is 1. The molecule has 7 nitrogen and oxygen atoms in total. The number of nitrogens with zero attached hydrogens (tertiary/aromatic N) is 3. The highest BCUT2D eigenvalue weighted by atomic mass is 16.1. The smallest absolute Gasteiger partial charge is 0.168 e. The van der Waals surface area contributed by atoms with Gasteiger partial charge in [-0.2, -0.15) is 15.3 Å². The van der Waals surface area contributed by atoms with Gasteiger partial charge in [0.25, 0.3) is 0 Å². The van der Waals surface area contributed by atoms with Crippen LogP contribution in [0.1, 0.15) is 42.7 Å². The fraction of sp³-hybridized carbons (Fsp3) is 0.345. The molecule has 7 heteroatoms. The molecule has 3 unspecified atom stereocenters. The minimum atomic E-state index is -0.918. The Labute approximate surface area is 210 Å². The van der Waals surface area contributed by atoms with E-state index in [-0.39, 0.29) is 11.7 Å². The number of hydrogen-bond donors (Lipinski definition) is 3. The molecule has 0 aromatic heterocycles. The Morgan fingerprint density at radius 2 is 1.31 bits per heavy atom. The Balaban J connectivity index is 1.40. The van der Waals surface area contributed by atoms with Gasteiger partial charge in [0.1, 0.15) is 6.04 Å². The number of carbonyl (C=O) groups is 1. The number of rotatable bonds is 7. The van der Waals surface area contributed by atoms with Crippen LogP contribution in [0.15, 0.2) is 100 Å². The van der Waals surface area contributed by atoms with Crippen LogP contribution in [0, 0.1) is 22.0 Å². The van der Waals surface area contributed by atoms with Crippen molar-refractivity contribution >= 4 is 5.78 Å². The van der Waals surface area contributed by atoms with E-state index in [0.717, 1.165) is 16.7 Å². The van der Waals surface area contributed by atoms with E-state index >= 15 is 0 Å². The number of nitrogens with one attached hydrogen (secondary N) is 3. The van der Waals surface area contributed by atoms with Crippen LogP contribution in [-0.2, 0) is 11.2 Å². The molecule has 0 heterocycles. The summed E-state index contributed by atoms with van der Waals surface area (Å²) in [5.41, 5.74) is 26.7. The minimum absolute atomic E-state index is 0.0850. The molecule has 0 bridgehead atoms. The van der Waals surface area contributed by atoms with Crippen LogP contribution in [-0.4, -0.2) is 23.4 Å². The van der Waals surface area contributed by atoms with Crippen molar-refractivity contribution in [2.24, 2.45) is 20.8 Å². The third-order valence-corrected chi connectivity index (χ3v) is 8.37. The Kier molecular flexibility index (Phi) is 6.39. The predicted molar refractivity (Wildman–Crippen MR) is 136 cm³/mol. The molecule has 2 aliphatic carbocycles. The van der Waals surface area contributed by atoms with Crippen molar-refractivity contribution in [2.45, 2.75) is 55.6 Å². The molecule has 0 aliphatic heterocycles. The summed E-state index contributed by atoms with van der Waals surface area (Å²) in [6.07, 6.45) is 2.94. The van der Waals surface area contributed by atoms with Gasteiger partial charge in [0, 0.05) is 11.3 Å². The average molecular weight is 479 g/mol. The van der Waals surface area contributed by atoms with Gasteiger partial charge in [-0.05, 0) is 54.4 Å². The van der Waals surface area contributed by atoms with Crippen LogP contribution >= 0.6 is 0 Å². The van der Waals surface area contributed by atoms with Gasteiger partial charge in [-0.3, -0.25) is 4.79 Å². The van der Waals surface area contributed by atoms with Crippen LogP contribution in [0.4, 0.5) is 0 Å². The molecule has 0 radical (unpaired) electrons. The maximum absolute atomic E-state index is 13.7. The average Bonchev–Trinajstić information content (AvgIpc) is 3.18. The largest absolute Gasteiger partial charge is 0.296 e. The maximum Gasteiger partial charge on any atom is 0.168 e. The van der Waals surface area contributed by atoms with Gasteiger partial charge < -0.3 is 0 Å². The van der Waals surface area contributed by atoms with E-state index in [0.29, 0.717) is 32.1 Å². The first-order valence-electron chi connectivity index (χ1n) is 12.4. The Hall–Kier alpha value is -3.87. The molecule has 3 aromatic carbocycles. The summed E-state index contributed by atoms with van der Waals surface area (Å²) < 4.78 is 0. The van der Waals surface area contributed by atoms with Crippen molar-refractivity contribution in [3.8, 4) is 11.1 Å². The van der Waals surface area contributed by atoms with Gasteiger partial charge in [-0.1, -0.05) is 84.9 Å². The molecule has 1 spiro atoms. The van der Waals surface area contributed by atoms with Crippen LogP contribution in [0.3, 0.4) is 0 Å². The first kappa shape index (κ1) is 23.9. The van der Waals surface area contributed by atoms with Gasteiger partial charge in [0.15, 0.2) is 11.8 Å². The van der Waals surface area contributed by atoms with Crippen LogP contribution in [0.5, 0.6) is 0 Å². The molecule has 182 valence electrons. The molecule has 3 atom stereocenters. The van der Waals surface area contributed by atoms with Crippen LogP contribution in [0.25, 0.3) is 11.1 Å². The molecule has 2 aliphatic rings. The molecule has 36 heavy (non-hydrogen) atoms. The van der Waals surface area contributed by atoms with Crippen molar-refractivity contribution in [3.05, 3.63) is 96.1 Å². The van der Waals surface area contributed by atoms with Crippen molar-refractivity contribution < 1.29 is 4.79 Å². The van der Waals surface area contributed by atoms with E-state index in [1.54, 1.807) is 0 Å². The van der Waals surface area contributed by atoms with E-state index in [1.165, 1.54) is 5.56 Å². The molecule has 0 saturated heterocycles. The molecule has 5 rings (SSSR count). The van der Waals surface area contributed by atoms with E-state index in [2.05, 4.69) is 51.7 Å². The van der Waals surface area contributed by atoms with Crippen molar-refractivity contribution in [2.75, 3.05) is 0 Å². The topological polar surface area (TPSA) is 126 Å². The lowest BCUT2D eigenvalue weighted by molar-refractivity contribution is -0.129. The molecular formula is C29H30N6O. The van der Waals surface area contributed by atoms with Crippen LogP contribution in [0.2, 0.25) is 0 Å². The van der Waals surface area contributed by atoms with Crippen molar-refractivity contribution in [1.82, 2.24) is 0 Å². The predicted octanol–water partition coefficient (Wildman–Crippen LogP) is 7.39. The van der Waals surface area contributed by atoms with Crippen molar-refractivity contribution in [1.29, 1.82) is 16.6 Å². The fourth-order valence-corrected chi connectivity index (χ4v) is 6.44. The van der Waals surface area contributed by atoms with E-state index < -0.39 is 23.0 Å². The molecule has 2 fully saturated rings. The second-order valence-corrected chi connectivity index (χ2v) is 10.2. The number of ketones is 1. The third kappa shape index (κ3) is 3.98. The zero-order valence-corrected chi connectivity index (χ0v) is 20.1. The fourth-order valence-electron chi connectivity index (χ4n) is 6.44. The summed E-state index contributed by atoms with van der Waals surface area (Å²) in [5.74, 6) is -0.380. The second kappa shape index (κ2) is 9.64. The van der Waals surface area contributed by atoms with Gasteiger partial charge >= 0.3 is 0 Å². The van der Waals surface area contributed by atoms with Gasteiger partial charge in [0.2, 0.25) is 0 Å². The molecular weight excluding hydrogens is 448 g/mol.